The van der Waals surface area contributed by atoms with Crippen molar-refractivity contribution in [1.82, 2.24) is 5.32 Å². The highest BCUT2D eigenvalue weighted by molar-refractivity contribution is 6.04. The third-order valence-electron chi connectivity index (χ3n) is 4.69. The Morgan fingerprint density at radius 3 is 2.27 bits per heavy atom. The molecule has 5 heteroatoms. The lowest BCUT2D eigenvalue weighted by atomic mass is 10.1. The smallest absolute Gasteiger partial charge is 0.265 e. The van der Waals surface area contributed by atoms with E-state index in [2.05, 4.69) is 10.6 Å². The van der Waals surface area contributed by atoms with Gasteiger partial charge < -0.3 is 15.4 Å². The monoisotopic (exact) mass is 402 g/mol. The highest BCUT2D eigenvalue weighted by Crippen LogP contribution is 2.18. The van der Waals surface area contributed by atoms with Crippen molar-refractivity contribution >= 4 is 17.5 Å². The van der Waals surface area contributed by atoms with E-state index in [1.807, 2.05) is 68.4 Å². The molecule has 0 aliphatic rings. The van der Waals surface area contributed by atoms with Crippen LogP contribution >= 0.6 is 0 Å². The molecule has 0 saturated heterocycles. The van der Waals surface area contributed by atoms with Crippen molar-refractivity contribution in [3.8, 4) is 5.75 Å². The molecule has 0 saturated carbocycles. The predicted octanol–water partition coefficient (Wildman–Crippen LogP) is 4.72. The van der Waals surface area contributed by atoms with Crippen LogP contribution in [0, 0.1) is 6.92 Å². The quantitative estimate of drug-likeness (QED) is 0.573. The number of benzene rings is 3. The number of para-hydroxylation sites is 2. The van der Waals surface area contributed by atoms with Gasteiger partial charge in [-0.05, 0) is 43.2 Å². The Morgan fingerprint density at radius 2 is 1.57 bits per heavy atom. The zero-order valence-corrected chi connectivity index (χ0v) is 17.2. The topological polar surface area (TPSA) is 67.4 Å². The van der Waals surface area contributed by atoms with Crippen LogP contribution in [0.1, 0.15) is 34.8 Å². The molecule has 3 aromatic carbocycles. The van der Waals surface area contributed by atoms with E-state index in [-0.39, 0.29) is 11.8 Å². The van der Waals surface area contributed by atoms with Crippen molar-refractivity contribution in [3.05, 3.63) is 95.6 Å². The van der Waals surface area contributed by atoms with Crippen molar-refractivity contribution in [3.63, 3.8) is 0 Å². The Bertz CT molecular complexity index is 985. The molecule has 0 heterocycles. The van der Waals surface area contributed by atoms with Crippen molar-refractivity contribution in [2.75, 3.05) is 5.32 Å². The maximum absolute atomic E-state index is 12.8. The van der Waals surface area contributed by atoms with Crippen LogP contribution in [-0.4, -0.2) is 17.9 Å². The summed E-state index contributed by atoms with van der Waals surface area (Å²) in [6.07, 6.45) is -0.154. The Kier molecular flexibility index (Phi) is 7.22. The van der Waals surface area contributed by atoms with Crippen molar-refractivity contribution in [2.45, 2.75) is 32.9 Å². The van der Waals surface area contributed by atoms with E-state index >= 15 is 0 Å². The number of nitrogens with one attached hydrogen (secondary N) is 2. The Balaban J connectivity index is 1.66. The average molecular weight is 402 g/mol. The van der Waals surface area contributed by atoms with E-state index in [0.717, 1.165) is 5.56 Å². The molecule has 0 bridgehead atoms. The SMILES string of the molecule is CCC(Oc1ccccc1)C(=O)Nc1ccccc1C(=O)NCc1ccc(C)cc1. The van der Waals surface area contributed by atoms with Gasteiger partial charge in [0.05, 0.1) is 11.3 Å². The fourth-order valence-corrected chi connectivity index (χ4v) is 2.97. The Hall–Kier alpha value is -3.60. The fraction of sp³-hybridized carbons (Fsp3) is 0.200. The zero-order chi connectivity index (χ0) is 21.3. The lowest BCUT2D eigenvalue weighted by molar-refractivity contribution is -0.122. The maximum Gasteiger partial charge on any atom is 0.265 e. The fourth-order valence-electron chi connectivity index (χ4n) is 2.97. The number of carbonyl (C=O) groups is 2. The van der Waals surface area contributed by atoms with Crippen LogP contribution in [-0.2, 0) is 11.3 Å². The standard InChI is InChI=1S/C25H26N2O3/c1-3-23(30-20-9-5-4-6-10-20)25(29)27-22-12-8-7-11-21(22)24(28)26-17-19-15-13-18(2)14-16-19/h4-16,23H,3,17H2,1-2H3,(H,26,28)(H,27,29). The van der Waals surface area contributed by atoms with E-state index in [0.29, 0.717) is 30.0 Å². The first-order valence-electron chi connectivity index (χ1n) is 10.0. The minimum absolute atomic E-state index is 0.247. The van der Waals surface area contributed by atoms with Crippen LogP contribution in [0.15, 0.2) is 78.9 Å². The summed E-state index contributed by atoms with van der Waals surface area (Å²) in [5.74, 6) is 0.0901. The number of anilines is 1. The molecule has 0 aliphatic heterocycles. The second kappa shape index (κ2) is 10.3. The number of hydrogen-bond donors (Lipinski definition) is 2. The third kappa shape index (κ3) is 5.70. The summed E-state index contributed by atoms with van der Waals surface area (Å²) in [6.45, 7) is 4.32. The van der Waals surface area contributed by atoms with Crippen LogP contribution < -0.4 is 15.4 Å². The minimum atomic E-state index is -0.656. The van der Waals surface area contributed by atoms with E-state index in [9.17, 15) is 9.59 Å². The number of amides is 2. The Labute approximate surface area is 177 Å². The zero-order valence-electron chi connectivity index (χ0n) is 17.2. The number of rotatable bonds is 8. The average Bonchev–Trinajstić information content (AvgIpc) is 2.78. The lowest BCUT2D eigenvalue weighted by Crippen LogP contribution is -2.33. The van der Waals surface area contributed by atoms with E-state index in [4.69, 9.17) is 4.74 Å². The van der Waals surface area contributed by atoms with Crippen LogP contribution in [0.2, 0.25) is 0 Å². The van der Waals surface area contributed by atoms with Gasteiger partial charge in [0.2, 0.25) is 0 Å². The van der Waals surface area contributed by atoms with Gasteiger partial charge in [-0.2, -0.15) is 0 Å². The molecule has 0 aliphatic carbocycles. The second-order valence-corrected chi connectivity index (χ2v) is 7.03. The molecule has 1 atom stereocenters. The summed E-state index contributed by atoms with van der Waals surface area (Å²) in [7, 11) is 0. The summed E-state index contributed by atoms with van der Waals surface area (Å²) in [5.41, 5.74) is 3.05. The van der Waals surface area contributed by atoms with Crippen LogP contribution in [0.25, 0.3) is 0 Å². The first-order valence-corrected chi connectivity index (χ1v) is 10.0. The molecule has 2 N–H and O–H groups in total. The molecule has 0 spiro atoms. The molecule has 0 aromatic heterocycles. The summed E-state index contributed by atoms with van der Waals surface area (Å²) in [5, 5.41) is 5.75. The number of aryl methyl sites for hydroxylation is 1. The minimum Gasteiger partial charge on any atom is -0.481 e. The Morgan fingerprint density at radius 1 is 0.900 bits per heavy atom. The molecule has 0 radical (unpaired) electrons. The highest BCUT2D eigenvalue weighted by Gasteiger charge is 2.21. The second-order valence-electron chi connectivity index (χ2n) is 7.03. The van der Waals surface area contributed by atoms with E-state index in [1.165, 1.54) is 5.56 Å². The summed E-state index contributed by atoms with van der Waals surface area (Å²) in [4.78, 5) is 25.5. The first-order chi connectivity index (χ1) is 14.6. The summed E-state index contributed by atoms with van der Waals surface area (Å²) < 4.78 is 5.80. The largest absolute Gasteiger partial charge is 0.481 e. The van der Waals surface area contributed by atoms with Gasteiger partial charge in [0.1, 0.15) is 5.75 Å². The molecule has 5 nitrogen and oxygen atoms in total. The molecular weight excluding hydrogens is 376 g/mol. The van der Waals surface area contributed by atoms with Gasteiger partial charge in [-0.25, -0.2) is 0 Å². The third-order valence-corrected chi connectivity index (χ3v) is 4.69. The van der Waals surface area contributed by atoms with Gasteiger partial charge in [-0.15, -0.1) is 0 Å². The van der Waals surface area contributed by atoms with Gasteiger partial charge >= 0.3 is 0 Å². The molecule has 154 valence electrons. The number of carbonyl (C=O) groups excluding carboxylic acids is 2. The number of ether oxygens (including phenoxy) is 1. The highest BCUT2D eigenvalue weighted by atomic mass is 16.5. The van der Waals surface area contributed by atoms with Crippen LogP contribution in [0.3, 0.4) is 0 Å². The molecule has 3 aromatic rings. The van der Waals surface area contributed by atoms with Gasteiger partial charge in [0, 0.05) is 6.54 Å². The van der Waals surface area contributed by atoms with Crippen LogP contribution in [0.5, 0.6) is 5.75 Å². The van der Waals surface area contributed by atoms with Gasteiger partial charge in [0.15, 0.2) is 6.10 Å². The van der Waals surface area contributed by atoms with Crippen molar-refractivity contribution in [1.29, 1.82) is 0 Å². The lowest BCUT2D eigenvalue weighted by Gasteiger charge is -2.18. The summed E-state index contributed by atoms with van der Waals surface area (Å²) >= 11 is 0. The maximum atomic E-state index is 12.8. The molecule has 0 fully saturated rings. The normalized spacial score (nSPS) is 11.4. The first kappa shape index (κ1) is 21.1. The van der Waals surface area contributed by atoms with Crippen LogP contribution in [0.4, 0.5) is 5.69 Å². The van der Waals surface area contributed by atoms with Gasteiger partial charge in [0.25, 0.3) is 11.8 Å². The molecule has 3 rings (SSSR count). The van der Waals surface area contributed by atoms with Gasteiger partial charge in [-0.1, -0.05) is 67.1 Å². The van der Waals surface area contributed by atoms with E-state index in [1.54, 1.807) is 24.3 Å². The molecule has 30 heavy (non-hydrogen) atoms. The molecule has 1 unspecified atom stereocenters. The van der Waals surface area contributed by atoms with Crippen molar-refractivity contribution in [2.24, 2.45) is 0 Å². The van der Waals surface area contributed by atoms with Crippen molar-refractivity contribution < 1.29 is 14.3 Å². The molecule has 2 amide bonds. The summed E-state index contributed by atoms with van der Waals surface area (Å²) in [6, 6.07) is 24.2. The van der Waals surface area contributed by atoms with E-state index < -0.39 is 6.10 Å². The van der Waals surface area contributed by atoms with Gasteiger partial charge in [-0.3, -0.25) is 9.59 Å². The number of hydrogen-bond acceptors (Lipinski definition) is 3. The predicted molar refractivity (Wildman–Crippen MR) is 119 cm³/mol. The molecular formula is C25H26N2O3.